The van der Waals surface area contributed by atoms with Gasteiger partial charge in [0.15, 0.2) is 11.6 Å². The minimum atomic E-state index is -0.291. The van der Waals surface area contributed by atoms with Gasteiger partial charge in [0, 0.05) is 35.7 Å². The van der Waals surface area contributed by atoms with Gasteiger partial charge in [-0.25, -0.2) is 0 Å². The third kappa shape index (κ3) is 3.14. The minimum Gasteiger partial charge on any atom is -0.398 e. The zero-order valence-electron chi connectivity index (χ0n) is 14.3. The fraction of sp³-hybridized carbons (Fsp3) is 0.263. The Kier molecular flexibility index (Phi) is 5.20. The summed E-state index contributed by atoms with van der Waals surface area (Å²) >= 11 is 0. The lowest BCUT2D eigenvalue weighted by molar-refractivity contribution is 0.0981. The van der Waals surface area contributed by atoms with Crippen LogP contribution in [0.1, 0.15) is 38.3 Å². The van der Waals surface area contributed by atoms with E-state index in [9.17, 15) is 9.59 Å². The molecule has 0 saturated carbocycles. The maximum atomic E-state index is 13.1. The predicted octanol–water partition coefficient (Wildman–Crippen LogP) is 1.01. The van der Waals surface area contributed by atoms with E-state index in [0.29, 0.717) is 29.9 Å². The number of hydrogen-bond acceptors (Lipinski definition) is 7. The van der Waals surface area contributed by atoms with Crippen molar-refractivity contribution in [1.82, 2.24) is 5.32 Å². The largest absolute Gasteiger partial charge is 0.398 e. The lowest BCUT2D eigenvalue weighted by atomic mass is 9.81. The average molecular weight is 354 g/mol. The molecule has 0 saturated heterocycles. The topological polar surface area (TPSA) is 130 Å². The third-order valence-electron chi connectivity index (χ3n) is 4.39. The Labute approximate surface area is 151 Å². The first-order valence-corrected chi connectivity index (χ1v) is 8.52. The van der Waals surface area contributed by atoms with Crippen molar-refractivity contribution in [3.05, 3.63) is 52.6 Å². The molecular formula is C19H22N4O3. The van der Waals surface area contributed by atoms with E-state index in [-0.39, 0.29) is 40.7 Å². The van der Waals surface area contributed by atoms with E-state index in [4.69, 9.17) is 16.6 Å². The number of aliphatic hydroxyl groups is 1. The number of anilines is 3. The van der Waals surface area contributed by atoms with E-state index in [1.165, 1.54) is 0 Å². The Bertz CT molecular complexity index is 864. The normalized spacial score (nSPS) is 12.7. The van der Waals surface area contributed by atoms with Crippen LogP contribution in [0.25, 0.3) is 0 Å². The summed E-state index contributed by atoms with van der Waals surface area (Å²) in [6.45, 7) is 2.00. The number of carbonyl (C=O) groups is 2. The van der Waals surface area contributed by atoms with Crippen molar-refractivity contribution < 1.29 is 14.7 Å². The second-order valence-electron chi connectivity index (χ2n) is 6.13. The van der Waals surface area contributed by atoms with Crippen LogP contribution in [0, 0.1) is 0 Å². The number of benzene rings is 2. The third-order valence-corrected chi connectivity index (χ3v) is 4.39. The quantitative estimate of drug-likeness (QED) is 0.316. The van der Waals surface area contributed by atoms with E-state index in [0.717, 1.165) is 13.0 Å². The lowest BCUT2D eigenvalue weighted by Gasteiger charge is -2.23. The van der Waals surface area contributed by atoms with Gasteiger partial charge in [0.05, 0.1) is 23.3 Å². The van der Waals surface area contributed by atoms with Crippen LogP contribution in [0.5, 0.6) is 0 Å². The van der Waals surface area contributed by atoms with Gasteiger partial charge in [0.1, 0.15) is 0 Å². The molecule has 26 heavy (non-hydrogen) atoms. The van der Waals surface area contributed by atoms with Crippen molar-refractivity contribution in [3.8, 4) is 0 Å². The van der Waals surface area contributed by atoms with Crippen LogP contribution in [-0.2, 0) is 0 Å². The molecular weight excluding hydrogens is 332 g/mol. The number of nitrogens with two attached hydrogens (primary N) is 2. The molecule has 0 aromatic heterocycles. The number of nitrogens with one attached hydrogen (secondary N) is 2. The van der Waals surface area contributed by atoms with Gasteiger partial charge < -0.3 is 27.2 Å². The fourth-order valence-corrected chi connectivity index (χ4v) is 3.16. The van der Waals surface area contributed by atoms with Gasteiger partial charge in [-0.15, -0.1) is 0 Å². The Morgan fingerprint density at radius 1 is 0.846 bits per heavy atom. The van der Waals surface area contributed by atoms with Gasteiger partial charge in [-0.2, -0.15) is 0 Å². The van der Waals surface area contributed by atoms with Crippen LogP contribution in [0.2, 0.25) is 0 Å². The van der Waals surface area contributed by atoms with E-state index < -0.39 is 0 Å². The highest BCUT2D eigenvalue weighted by atomic mass is 16.3. The molecule has 0 fully saturated rings. The molecule has 7 N–H and O–H groups in total. The van der Waals surface area contributed by atoms with Crippen molar-refractivity contribution in [3.63, 3.8) is 0 Å². The maximum Gasteiger partial charge on any atom is 0.198 e. The molecule has 0 radical (unpaired) electrons. The smallest absolute Gasteiger partial charge is 0.198 e. The first-order chi connectivity index (χ1) is 12.6. The number of fused-ring (bicyclic) bond motifs is 2. The second kappa shape index (κ2) is 7.55. The summed E-state index contributed by atoms with van der Waals surface area (Å²) < 4.78 is 0. The monoisotopic (exact) mass is 354 g/mol. The lowest BCUT2D eigenvalue weighted by Crippen LogP contribution is -2.25. The molecule has 2 aromatic carbocycles. The molecule has 1 aliphatic rings. The SMILES string of the molecule is Nc1ccc(N)c2c1C(=O)c1cccc(NCCCNCCO)c1C2=O. The summed E-state index contributed by atoms with van der Waals surface area (Å²) in [6, 6.07) is 8.25. The molecule has 1 aliphatic carbocycles. The van der Waals surface area contributed by atoms with Crippen molar-refractivity contribution in [1.29, 1.82) is 0 Å². The molecule has 0 atom stereocenters. The van der Waals surface area contributed by atoms with E-state index in [1.807, 2.05) is 0 Å². The van der Waals surface area contributed by atoms with Crippen LogP contribution in [0.4, 0.5) is 17.1 Å². The molecule has 0 bridgehead atoms. The second-order valence-corrected chi connectivity index (χ2v) is 6.13. The predicted molar refractivity (Wildman–Crippen MR) is 102 cm³/mol. The number of nitrogen functional groups attached to an aromatic ring is 2. The highest BCUT2D eigenvalue weighted by molar-refractivity contribution is 6.33. The fourth-order valence-electron chi connectivity index (χ4n) is 3.16. The van der Waals surface area contributed by atoms with Crippen LogP contribution < -0.4 is 22.1 Å². The number of carbonyl (C=O) groups excluding carboxylic acids is 2. The summed E-state index contributed by atoms with van der Waals surface area (Å²) in [5, 5.41) is 15.0. The van der Waals surface area contributed by atoms with Crippen molar-refractivity contribution in [2.75, 3.05) is 43.0 Å². The summed E-state index contributed by atoms with van der Waals surface area (Å²) in [6.07, 6.45) is 0.803. The average Bonchev–Trinajstić information content (AvgIpc) is 2.64. The van der Waals surface area contributed by atoms with Gasteiger partial charge in [-0.1, -0.05) is 12.1 Å². The number of aliphatic hydroxyl groups excluding tert-OH is 1. The van der Waals surface area contributed by atoms with Gasteiger partial charge >= 0.3 is 0 Å². The maximum absolute atomic E-state index is 13.1. The van der Waals surface area contributed by atoms with Gasteiger partial charge in [0.25, 0.3) is 0 Å². The van der Waals surface area contributed by atoms with E-state index in [2.05, 4.69) is 10.6 Å². The summed E-state index contributed by atoms with van der Waals surface area (Å²) in [5.74, 6) is -0.575. The number of ketones is 2. The van der Waals surface area contributed by atoms with Gasteiger partial charge in [0.2, 0.25) is 0 Å². The number of hydrogen-bond donors (Lipinski definition) is 5. The zero-order chi connectivity index (χ0) is 18.7. The minimum absolute atomic E-state index is 0.0974. The molecule has 2 aromatic rings. The van der Waals surface area contributed by atoms with E-state index >= 15 is 0 Å². The highest BCUT2D eigenvalue weighted by Gasteiger charge is 2.34. The zero-order valence-corrected chi connectivity index (χ0v) is 14.3. The first-order valence-electron chi connectivity index (χ1n) is 8.52. The Morgan fingerprint density at radius 2 is 1.54 bits per heavy atom. The molecule has 0 spiro atoms. The van der Waals surface area contributed by atoms with Crippen LogP contribution in [-0.4, -0.2) is 42.9 Å². The van der Waals surface area contributed by atoms with Crippen molar-refractivity contribution >= 4 is 28.6 Å². The van der Waals surface area contributed by atoms with E-state index in [1.54, 1.807) is 30.3 Å². The molecule has 7 heteroatoms. The summed E-state index contributed by atoms with van der Waals surface area (Å²) in [4.78, 5) is 25.9. The van der Waals surface area contributed by atoms with Gasteiger partial charge in [-0.3, -0.25) is 9.59 Å². The van der Waals surface area contributed by atoms with Crippen molar-refractivity contribution in [2.45, 2.75) is 6.42 Å². The van der Waals surface area contributed by atoms with Crippen LogP contribution >= 0.6 is 0 Å². The molecule has 0 unspecified atom stereocenters. The summed E-state index contributed by atoms with van der Waals surface area (Å²) in [5.41, 5.74) is 14.0. The Hall–Kier alpha value is -2.90. The first kappa shape index (κ1) is 17.9. The highest BCUT2D eigenvalue weighted by Crippen LogP contribution is 2.36. The van der Waals surface area contributed by atoms with Crippen molar-refractivity contribution in [2.24, 2.45) is 0 Å². The molecule has 0 amide bonds. The standard InChI is InChI=1S/C19H22N4O3/c20-12-5-6-13(21)17-16(12)18(25)11-3-1-4-14(15(11)19(17)26)23-8-2-7-22-9-10-24/h1,3-6,22-24H,2,7-10,20-21H2. The number of rotatable bonds is 7. The Balaban J connectivity index is 1.89. The van der Waals surface area contributed by atoms with Gasteiger partial charge in [-0.05, 0) is 31.2 Å². The molecule has 3 rings (SSSR count). The summed E-state index contributed by atoms with van der Waals surface area (Å²) in [7, 11) is 0. The Morgan fingerprint density at radius 3 is 2.23 bits per heavy atom. The molecule has 0 aliphatic heterocycles. The van der Waals surface area contributed by atoms with Crippen LogP contribution in [0.3, 0.4) is 0 Å². The molecule has 7 nitrogen and oxygen atoms in total. The molecule has 0 heterocycles. The van der Waals surface area contributed by atoms with Crippen LogP contribution in [0.15, 0.2) is 30.3 Å². The molecule has 136 valence electrons.